The first-order valence-corrected chi connectivity index (χ1v) is 9.59. The number of rotatable bonds is 8. The van der Waals surface area contributed by atoms with Crippen LogP contribution in [0.3, 0.4) is 0 Å². The number of carbonyl (C=O) groups excluding carboxylic acids is 4. The van der Waals surface area contributed by atoms with Crippen molar-refractivity contribution in [2.75, 3.05) is 19.7 Å². The second kappa shape index (κ2) is 10.2. The van der Waals surface area contributed by atoms with Crippen molar-refractivity contribution in [3.05, 3.63) is 60.1 Å². The largest absolute Gasteiger partial charge is 0.467 e. The summed E-state index contributed by atoms with van der Waals surface area (Å²) in [5, 5.41) is 4.50. The third-order valence-corrected chi connectivity index (χ3v) is 4.66. The number of ether oxygens (including phenoxy) is 1. The highest BCUT2D eigenvalue weighted by molar-refractivity contribution is 5.96. The van der Waals surface area contributed by atoms with Gasteiger partial charge in [0.05, 0.1) is 18.7 Å². The van der Waals surface area contributed by atoms with E-state index in [1.807, 2.05) is 30.3 Å². The fourth-order valence-electron chi connectivity index (χ4n) is 3.10. The number of carbonyl (C=O) groups is 4. The van der Waals surface area contributed by atoms with E-state index < -0.39 is 30.4 Å². The molecule has 1 aliphatic heterocycles. The van der Waals surface area contributed by atoms with Crippen molar-refractivity contribution < 1.29 is 28.3 Å². The quantitative estimate of drug-likeness (QED) is 0.629. The molecule has 30 heavy (non-hydrogen) atoms. The minimum absolute atomic E-state index is 0.0544. The Balaban J connectivity index is 1.35. The summed E-state index contributed by atoms with van der Waals surface area (Å²) in [4.78, 5) is 49.4. The molecule has 3 rings (SSSR count). The summed E-state index contributed by atoms with van der Waals surface area (Å²) in [6.45, 7) is 0.301. The number of furan rings is 1. The Morgan fingerprint density at radius 2 is 1.93 bits per heavy atom. The highest BCUT2D eigenvalue weighted by Crippen LogP contribution is 2.19. The Hall–Kier alpha value is -3.62. The van der Waals surface area contributed by atoms with Crippen LogP contribution in [0.1, 0.15) is 17.7 Å². The zero-order valence-corrected chi connectivity index (χ0v) is 16.3. The predicted molar refractivity (Wildman–Crippen MR) is 105 cm³/mol. The van der Waals surface area contributed by atoms with E-state index in [9.17, 15) is 19.2 Å². The van der Waals surface area contributed by atoms with Gasteiger partial charge < -0.3 is 19.4 Å². The summed E-state index contributed by atoms with van der Waals surface area (Å²) in [7, 11) is 0. The molecule has 4 amide bonds. The topological polar surface area (TPSA) is 118 Å². The monoisotopic (exact) mass is 413 g/mol. The van der Waals surface area contributed by atoms with Crippen molar-refractivity contribution in [3.8, 4) is 0 Å². The lowest BCUT2D eigenvalue weighted by atomic mass is 10.1. The normalized spacial score (nSPS) is 15.7. The van der Waals surface area contributed by atoms with E-state index in [1.54, 1.807) is 17.0 Å². The molecule has 1 aromatic heterocycles. The molecular weight excluding hydrogens is 390 g/mol. The van der Waals surface area contributed by atoms with Crippen molar-refractivity contribution in [2.45, 2.75) is 19.4 Å². The van der Waals surface area contributed by atoms with Gasteiger partial charge >= 0.3 is 12.0 Å². The minimum Gasteiger partial charge on any atom is -0.467 e. The SMILES string of the molecule is O=C(COC(=O)[C@@H]1CC(=O)N(CCc2ccccc2)C1)NC(=O)NCc1ccco1. The van der Waals surface area contributed by atoms with Gasteiger partial charge in [-0.3, -0.25) is 19.7 Å². The molecule has 1 saturated heterocycles. The lowest BCUT2D eigenvalue weighted by molar-refractivity contribution is -0.152. The van der Waals surface area contributed by atoms with E-state index in [0.29, 0.717) is 18.7 Å². The Morgan fingerprint density at radius 3 is 2.67 bits per heavy atom. The molecule has 0 spiro atoms. The average Bonchev–Trinajstić information content (AvgIpc) is 3.39. The molecule has 0 unspecified atom stereocenters. The van der Waals surface area contributed by atoms with Gasteiger partial charge in [-0.2, -0.15) is 0 Å². The van der Waals surface area contributed by atoms with Crippen molar-refractivity contribution in [1.82, 2.24) is 15.5 Å². The van der Waals surface area contributed by atoms with Crippen LogP contribution in [0, 0.1) is 5.92 Å². The number of urea groups is 1. The van der Waals surface area contributed by atoms with E-state index >= 15 is 0 Å². The van der Waals surface area contributed by atoms with Gasteiger partial charge in [0.15, 0.2) is 6.61 Å². The van der Waals surface area contributed by atoms with E-state index in [1.165, 1.54) is 6.26 Å². The van der Waals surface area contributed by atoms with Crippen LogP contribution < -0.4 is 10.6 Å². The highest BCUT2D eigenvalue weighted by Gasteiger charge is 2.35. The number of hydrogen-bond donors (Lipinski definition) is 2. The van der Waals surface area contributed by atoms with Crippen LogP contribution in [-0.2, 0) is 32.1 Å². The third kappa shape index (κ3) is 6.20. The van der Waals surface area contributed by atoms with Gasteiger partial charge in [0, 0.05) is 19.5 Å². The standard InChI is InChI=1S/C21H23N3O6/c25-18(23-21(28)22-12-17-7-4-10-29-17)14-30-20(27)16-11-19(26)24(13-16)9-8-15-5-2-1-3-6-15/h1-7,10,16H,8-9,11-14H2,(H2,22,23,25,28)/t16-/m1/s1. The zero-order valence-electron chi connectivity index (χ0n) is 16.3. The van der Waals surface area contributed by atoms with E-state index in [2.05, 4.69) is 10.6 Å². The number of benzene rings is 1. The molecule has 2 N–H and O–H groups in total. The first kappa shape index (κ1) is 21.1. The summed E-state index contributed by atoms with van der Waals surface area (Å²) in [6, 6.07) is 12.4. The summed E-state index contributed by atoms with van der Waals surface area (Å²) < 4.78 is 10.0. The van der Waals surface area contributed by atoms with Crippen LogP contribution in [0.2, 0.25) is 0 Å². The van der Waals surface area contributed by atoms with E-state index in [0.717, 1.165) is 5.56 Å². The number of hydrogen-bond acceptors (Lipinski definition) is 6. The van der Waals surface area contributed by atoms with Gasteiger partial charge in [0.1, 0.15) is 5.76 Å². The molecule has 0 radical (unpaired) electrons. The molecule has 0 bridgehead atoms. The second-order valence-electron chi connectivity index (χ2n) is 6.89. The number of nitrogens with one attached hydrogen (secondary N) is 2. The zero-order chi connectivity index (χ0) is 21.3. The van der Waals surface area contributed by atoms with Crippen LogP contribution in [0.15, 0.2) is 53.1 Å². The molecule has 2 aromatic rings. The smallest absolute Gasteiger partial charge is 0.321 e. The van der Waals surface area contributed by atoms with Gasteiger partial charge in [-0.05, 0) is 24.1 Å². The van der Waals surface area contributed by atoms with Gasteiger partial charge in [-0.1, -0.05) is 30.3 Å². The molecular formula is C21H23N3O6. The second-order valence-corrected chi connectivity index (χ2v) is 6.89. The highest BCUT2D eigenvalue weighted by atomic mass is 16.5. The minimum atomic E-state index is -0.759. The summed E-state index contributed by atoms with van der Waals surface area (Å²) in [6.07, 6.45) is 2.22. The molecule has 9 heteroatoms. The Bertz CT molecular complexity index is 881. The molecule has 1 fully saturated rings. The van der Waals surface area contributed by atoms with Gasteiger partial charge in [-0.25, -0.2) is 4.79 Å². The third-order valence-electron chi connectivity index (χ3n) is 4.66. The van der Waals surface area contributed by atoms with Gasteiger partial charge in [0.25, 0.3) is 5.91 Å². The summed E-state index contributed by atoms with van der Waals surface area (Å²) in [5.74, 6) is -1.59. The first-order valence-electron chi connectivity index (χ1n) is 9.59. The van der Waals surface area contributed by atoms with Gasteiger partial charge in [-0.15, -0.1) is 0 Å². The summed E-state index contributed by atoms with van der Waals surface area (Å²) in [5.41, 5.74) is 1.11. The lowest BCUT2D eigenvalue weighted by Gasteiger charge is -2.16. The molecule has 158 valence electrons. The lowest BCUT2D eigenvalue weighted by Crippen LogP contribution is -2.41. The maximum Gasteiger partial charge on any atom is 0.321 e. The molecule has 1 atom stereocenters. The van der Waals surface area contributed by atoms with Crippen LogP contribution >= 0.6 is 0 Å². The first-order chi connectivity index (χ1) is 14.5. The van der Waals surface area contributed by atoms with Crippen LogP contribution in [0.4, 0.5) is 4.79 Å². The number of likely N-dealkylation sites (tertiary alicyclic amines) is 1. The number of nitrogens with zero attached hydrogens (tertiary/aromatic N) is 1. The van der Waals surface area contributed by atoms with Crippen LogP contribution in [0.5, 0.6) is 0 Å². The number of amides is 4. The van der Waals surface area contributed by atoms with Crippen molar-refractivity contribution in [3.63, 3.8) is 0 Å². The summed E-state index contributed by atoms with van der Waals surface area (Å²) >= 11 is 0. The van der Waals surface area contributed by atoms with E-state index in [4.69, 9.17) is 9.15 Å². The molecule has 0 aliphatic carbocycles. The average molecular weight is 413 g/mol. The Labute approximate surface area is 173 Å². The fraction of sp³-hybridized carbons (Fsp3) is 0.333. The van der Waals surface area contributed by atoms with Crippen molar-refractivity contribution in [2.24, 2.45) is 5.92 Å². The molecule has 1 aromatic carbocycles. The number of esters is 1. The molecule has 9 nitrogen and oxygen atoms in total. The van der Waals surface area contributed by atoms with Crippen LogP contribution in [-0.4, -0.2) is 48.4 Å². The van der Waals surface area contributed by atoms with Crippen molar-refractivity contribution >= 4 is 23.8 Å². The van der Waals surface area contributed by atoms with Crippen LogP contribution in [0.25, 0.3) is 0 Å². The molecule has 0 saturated carbocycles. The fourth-order valence-corrected chi connectivity index (χ4v) is 3.10. The maximum absolute atomic E-state index is 12.2. The Kier molecular flexibility index (Phi) is 7.20. The van der Waals surface area contributed by atoms with Crippen molar-refractivity contribution in [1.29, 1.82) is 0 Å². The molecule has 2 heterocycles. The van der Waals surface area contributed by atoms with E-state index in [-0.39, 0.29) is 25.4 Å². The number of imide groups is 1. The Morgan fingerprint density at radius 1 is 1.13 bits per heavy atom. The molecule has 1 aliphatic rings. The maximum atomic E-state index is 12.2. The van der Waals surface area contributed by atoms with Gasteiger partial charge in [0.2, 0.25) is 5.91 Å². The predicted octanol–water partition coefficient (Wildman–Crippen LogP) is 1.24.